The van der Waals surface area contributed by atoms with Gasteiger partial charge in [0.2, 0.25) is 5.89 Å². The van der Waals surface area contributed by atoms with Crippen LogP contribution in [-0.2, 0) is 19.6 Å². The highest BCUT2D eigenvalue weighted by atomic mass is 35.5. The van der Waals surface area contributed by atoms with Gasteiger partial charge >= 0.3 is 0 Å². The van der Waals surface area contributed by atoms with Crippen molar-refractivity contribution < 1.29 is 8.91 Å². The number of nitrogens with zero attached hydrogens (tertiary/aromatic N) is 3. The SMILES string of the molecule is Cl.NCc1nc(CN(Cc2cccc(F)c2)C2CC2)no1. The fourth-order valence-corrected chi connectivity index (χ4v) is 2.24. The molecule has 2 aromatic rings. The van der Waals surface area contributed by atoms with Crippen LogP contribution >= 0.6 is 12.4 Å². The molecule has 0 bridgehead atoms. The first-order valence-electron chi connectivity index (χ1n) is 6.74. The molecule has 2 N–H and O–H groups in total. The maximum atomic E-state index is 13.2. The minimum absolute atomic E-state index is 0. The summed E-state index contributed by atoms with van der Waals surface area (Å²) in [7, 11) is 0. The zero-order chi connectivity index (χ0) is 13.9. The molecule has 3 rings (SSSR count). The third-order valence-corrected chi connectivity index (χ3v) is 3.37. The molecular weight excluding hydrogens is 295 g/mol. The van der Waals surface area contributed by atoms with Crippen LogP contribution < -0.4 is 5.73 Å². The molecule has 1 aliphatic carbocycles. The topological polar surface area (TPSA) is 68.2 Å². The first kappa shape index (κ1) is 15.9. The second-order valence-corrected chi connectivity index (χ2v) is 5.07. The molecule has 1 aromatic heterocycles. The third kappa shape index (κ3) is 4.23. The highest BCUT2D eigenvalue weighted by molar-refractivity contribution is 5.85. The molecule has 1 saturated carbocycles. The average Bonchev–Trinajstić information content (AvgIpc) is 3.19. The Bertz CT molecular complexity index is 588. The van der Waals surface area contributed by atoms with E-state index in [1.807, 2.05) is 6.07 Å². The molecule has 0 radical (unpaired) electrons. The lowest BCUT2D eigenvalue weighted by Gasteiger charge is -2.20. The number of hydrogen-bond donors (Lipinski definition) is 1. The number of aromatic nitrogens is 2. The number of hydrogen-bond acceptors (Lipinski definition) is 5. The summed E-state index contributed by atoms with van der Waals surface area (Å²) in [6.07, 6.45) is 2.33. The molecule has 0 saturated heterocycles. The van der Waals surface area contributed by atoms with Crippen molar-refractivity contribution in [3.63, 3.8) is 0 Å². The van der Waals surface area contributed by atoms with E-state index in [4.69, 9.17) is 10.3 Å². The molecule has 114 valence electrons. The van der Waals surface area contributed by atoms with Gasteiger partial charge in [-0.1, -0.05) is 17.3 Å². The number of halogens is 2. The van der Waals surface area contributed by atoms with E-state index in [1.54, 1.807) is 12.1 Å². The minimum atomic E-state index is -0.205. The van der Waals surface area contributed by atoms with Crippen LogP contribution in [0.2, 0.25) is 0 Å². The summed E-state index contributed by atoms with van der Waals surface area (Å²) in [5, 5.41) is 3.91. The largest absolute Gasteiger partial charge is 0.338 e. The Morgan fingerprint density at radius 2 is 2.14 bits per heavy atom. The van der Waals surface area contributed by atoms with Crippen LogP contribution in [0.4, 0.5) is 4.39 Å². The van der Waals surface area contributed by atoms with Gasteiger partial charge in [-0.15, -0.1) is 12.4 Å². The predicted octanol–water partition coefficient (Wildman–Crippen LogP) is 2.25. The molecule has 21 heavy (non-hydrogen) atoms. The number of nitrogens with two attached hydrogens (primary N) is 1. The smallest absolute Gasteiger partial charge is 0.240 e. The van der Waals surface area contributed by atoms with Gasteiger partial charge in [0.25, 0.3) is 0 Å². The van der Waals surface area contributed by atoms with Crippen molar-refractivity contribution in [3.8, 4) is 0 Å². The van der Waals surface area contributed by atoms with Gasteiger partial charge in [-0.05, 0) is 30.5 Å². The van der Waals surface area contributed by atoms with Gasteiger partial charge in [-0.3, -0.25) is 4.90 Å². The van der Waals surface area contributed by atoms with Crippen LogP contribution in [0.15, 0.2) is 28.8 Å². The molecule has 0 amide bonds. The van der Waals surface area contributed by atoms with Crippen molar-refractivity contribution in [2.75, 3.05) is 0 Å². The van der Waals surface area contributed by atoms with Crippen LogP contribution in [0, 0.1) is 5.82 Å². The minimum Gasteiger partial charge on any atom is -0.338 e. The maximum absolute atomic E-state index is 13.2. The third-order valence-electron chi connectivity index (χ3n) is 3.37. The molecular formula is C14H18ClFN4O. The van der Waals surface area contributed by atoms with Crippen molar-refractivity contribution in [2.24, 2.45) is 5.73 Å². The van der Waals surface area contributed by atoms with Gasteiger partial charge in [0.15, 0.2) is 5.82 Å². The molecule has 7 heteroatoms. The summed E-state index contributed by atoms with van der Waals surface area (Å²) < 4.78 is 18.2. The lowest BCUT2D eigenvalue weighted by Crippen LogP contribution is -2.25. The lowest BCUT2D eigenvalue weighted by atomic mass is 10.2. The van der Waals surface area contributed by atoms with Crippen molar-refractivity contribution in [3.05, 3.63) is 47.4 Å². The fourth-order valence-electron chi connectivity index (χ4n) is 2.24. The Morgan fingerprint density at radius 3 is 2.76 bits per heavy atom. The van der Waals surface area contributed by atoms with Gasteiger partial charge in [0.05, 0.1) is 13.1 Å². The fraction of sp³-hybridized carbons (Fsp3) is 0.429. The van der Waals surface area contributed by atoms with Crippen LogP contribution in [0.3, 0.4) is 0 Å². The van der Waals surface area contributed by atoms with Crippen molar-refractivity contribution >= 4 is 12.4 Å². The molecule has 0 unspecified atom stereocenters. The molecule has 1 aliphatic rings. The average molecular weight is 313 g/mol. The Labute approximate surface area is 128 Å². The van der Waals surface area contributed by atoms with Crippen molar-refractivity contribution in [1.82, 2.24) is 15.0 Å². The zero-order valence-electron chi connectivity index (χ0n) is 11.5. The highest BCUT2D eigenvalue weighted by Gasteiger charge is 2.30. The Kier molecular flexibility index (Phi) is 5.27. The van der Waals surface area contributed by atoms with E-state index in [2.05, 4.69) is 15.0 Å². The van der Waals surface area contributed by atoms with E-state index in [0.717, 1.165) is 18.4 Å². The maximum Gasteiger partial charge on any atom is 0.240 e. The zero-order valence-corrected chi connectivity index (χ0v) is 12.4. The molecule has 1 heterocycles. The highest BCUT2D eigenvalue weighted by Crippen LogP contribution is 2.29. The first-order valence-corrected chi connectivity index (χ1v) is 6.74. The van der Waals surface area contributed by atoms with Crippen LogP contribution in [0.25, 0.3) is 0 Å². The molecule has 1 fully saturated rings. The summed E-state index contributed by atoms with van der Waals surface area (Å²) in [4.78, 5) is 6.47. The standard InChI is InChI=1S/C14H17FN4O.ClH/c15-11-3-1-2-10(6-11)8-19(12-4-5-12)9-13-17-14(7-16)20-18-13;/h1-3,6,12H,4-5,7-9,16H2;1H. The van der Waals surface area contributed by atoms with Crippen molar-refractivity contribution in [2.45, 2.75) is 38.5 Å². The van der Waals surface area contributed by atoms with E-state index in [9.17, 15) is 4.39 Å². The molecule has 0 aliphatic heterocycles. The molecule has 0 atom stereocenters. The summed E-state index contributed by atoms with van der Waals surface area (Å²) in [5.41, 5.74) is 6.41. The lowest BCUT2D eigenvalue weighted by molar-refractivity contribution is 0.235. The van der Waals surface area contributed by atoms with Gasteiger partial charge in [-0.2, -0.15) is 4.98 Å². The monoisotopic (exact) mass is 312 g/mol. The predicted molar refractivity (Wildman–Crippen MR) is 78.1 cm³/mol. The summed E-state index contributed by atoms with van der Waals surface area (Å²) in [5.74, 6) is 0.874. The van der Waals surface area contributed by atoms with Crippen LogP contribution in [0.5, 0.6) is 0 Å². The quantitative estimate of drug-likeness (QED) is 0.886. The molecule has 5 nitrogen and oxygen atoms in total. The normalized spacial score (nSPS) is 14.2. The Balaban J connectivity index is 0.00000161. The van der Waals surface area contributed by atoms with Crippen LogP contribution in [-0.4, -0.2) is 21.1 Å². The Hall–Kier alpha value is -1.50. The van der Waals surface area contributed by atoms with Crippen molar-refractivity contribution in [1.29, 1.82) is 0 Å². The molecule has 0 spiro atoms. The van der Waals surface area contributed by atoms with Gasteiger partial charge in [0, 0.05) is 12.6 Å². The summed E-state index contributed by atoms with van der Waals surface area (Å²) in [6, 6.07) is 7.21. The van der Waals surface area contributed by atoms with E-state index in [-0.39, 0.29) is 24.8 Å². The van der Waals surface area contributed by atoms with E-state index >= 15 is 0 Å². The van der Waals surface area contributed by atoms with Gasteiger partial charge in [0.1, 0.15) is 5.82 Å². The number of benzene rings is 1. The Morgan fingerprint density at radius 1 is 1.33 bits per heavy atom. The van der Waals surface area contributed by atoms with E-state index in [0.29, 0.717) is 30.8 Å². The van der Waals surface area contributed by atoms with Crippen LogP contribution in [0.1, 0.15) is 30.1 Å². The second kappa shape index (κ2) is 6.98. The summed E-state index contributed by atoms with van der Waals surface area (Å²) in [6.45, 7) is 1.54. The second-order valence-electron chi connectivity index (χ2n) is 5.07. The van der Waals surface area contributed by atoms with E-state index < -0.39 is 0 Å². The first-order chi connectivity index (χ1) is 9.74. The summed E-state index contributed by atoms with van der Waals surface area (Å²) >= 11 is 0. The van der Waals surface area contributed by atoms with E-state index in [1.165, 1.54) is 6.07 Å². The van der Waals surface area contributed by atoms with Gasteiger partial charge < -0.3 is 10.3 Å². The van der Waals surface area contributed by atoms with Gasteiger partial charge in [-0.25, -0.2) is 4.39 Å². The number of rotatable bonds is 6. The molecule has 1 aromatic carbocycles.